The van der Waals surface area contributed by atoms with Crippen molar-refractivity contribution in [1.29, 1.82) is 0 Å². The predicted octanol–water partition coefficient (Wildman–Crippen LogP) is 8.26. The van der Waals surface area contributed by atoms with Gasteiger partial charge in [0.2, 0.25) is 0 Å². The first kappa shape index (κ1) is 32.4. The quantitative estimate of drug-likeness (QED) is 0.0675. The van der Waals surface area contributed by atoms with Crippen molar-refractivity contribution in [3.8, 4) is 11.5 Å². The highest BCUT2D eigenvalue weighted by Gasteiger charge is 2.39. The number of benzene rings is 1. The summed E-state index contributed by atoms with van der Waals surface area (Å²) < 4.78 is 16.8. The number of esters is 1. The lowest BCUT2D eigenvalue weighted by molar-refractivity contribution is -0.143. The molecule has 0 spiro atoms. The molecule has 0 N–H and O–H groups in total. The van der Waals surface area contributed by atoms with Crippen molar-refractivity contribution in [2.24, 2.45) is 0 Å². The monoisotopic (exact) mass is 583 g/mol. The molecular weight excluding hydrogens is 538 g/mol. The SMILES string of the molecule is CCCCC/C=C\C/C=C\CCCCCCCCOC(=O)CCN1C(=O)c2sc3cc(OC)c(OC)cc3c2C1=O. The molecule has 2 aromatic rings. The highest BCUT2D eigenvalue weighted by Crippen LogP contribution is 2.42. The van der Waals surface area contributed by atoms with E-state index in [0.717, 1.165) is 41.7 Å². The molecule has 0 saturated carbocycles. The van der Waals surface area contributed by atoms with Crippen LogP contribution in [-0.2, 0) is 9.53 Å². The van der Waals surface area contributed by atoms with E-state index in [-0.39, 0.29) is 30.7 Å². The topological polar surface area (TPSA) is 82.1 Å². The van der Waals surface area contributed by atoms with Crippen LogP contribution in [0.5, 0.6) is 11.5 Å². The third-order valence-corrected chi connectivity index (χ3v) is 8.38. The lowest BCUT2D eigenvalue weighted by Gasteiger charge is -2.14. The van der Waals surface area contributed by atoms with Gasteiger partial charge >= 0.3 is 5.97 Å². The summed E-state index contributed by atoms with van der Waals surface area (Å²) in [4.78, 5) is 39.7. The molecule has 1 aromatic carbocycles. The number of rotatable bonds is 20. The van der Waals surface area contributed by atoms with Gasteiger partial charge in [-0.15, -0.1) is 11.3 Å². The smallest absolute Gasteiger partial charge is 0.307 e. The van der Waals surface area contributed by atoms with E-state index in [1.54, 1.807) is 19.2 Å². The summed E-state index contributed by atoms with van der Waals surface area (Å²) in [5.41, 5.74) is 0.366. The van der Waals surface area contributed by atoms with Crippen LogP contribution in [0.2, 0.25) is 0 Å². The number of allylic oxidation sites excluding steroid dienone is 4. The molecule has 1 aliphatic rings. The molecule has 224 valence electrons. The molecule has 0 aliphatic carbocycles. The highest BCUT2D eigenvalue weighted by atomic mass is 32.1. The molecule has 1 aromatic heterocycles. The van der Waals surface area contributed by atoms with Crippen LogP contribution in [0.4, 0.5) is 0 Å². The normalized spacial score (nSPS) is 13.2. The average molecular weight is 584 g/mol. The van der Waals surface area contributed by atoms with E-state index < -0.39 is 0 Å². The summed E-state index contributed by atoms with van der Waals surface area (Å²) in [5, 5.41) is 0.656. The van der Waals surface area contributed by atoms with Gasteiger partial charge in [0.1, 0.15) is 4.88 Å². The molecule has 2 amide bonds. The minimum atomic E-state index is -0.389. The van der Waals surface area contributed by atoms with Crippen LogP contribution in [0.3, 0.4) is 0 Å². The first-order valence-electron chi connectivity index (χ1n) is 15.0. The third kappa shape index (κ3) is 9.45. The summed E-state index contributed by atoms with van der Waals surface area (Å²) in [6.45, 7) is 2.61. The van der Waals surface area contributed by atoms with Crippen molar-refractivity contribution in [2.75, 3.05) is 27.4 Å². The van der Waals surface area contributed by atoms with E-state index in [1.165, 1.54) is 63.4 Å². The summed E-state index contributed by atoms with van der Waals surface area (Å²) in [6.07, 6.45) is 23.0. The zero-order chi connectivity index (χ0) is 29.5. The first-order chi connectivity index (χ1) is 20.0. The number of carbonyl (C=O) groups excluding carboxylic acids is 3. The summed E-state index contributed by atoms with van der Waals surface area (Å²) in [7, 11) is 3.07. The number of ether oxygens (including phenoxy) is 3. The Morgan fingerprint density at radius 1 is 0.829 bits per heavy atom. The molecule has 2 heterocycles. The fourth-order valence-electron chi connectivity index (χ4n) is 4.89. The van der Waals surface area contributed by atoms with Crippen LogP contribution in [0, 0.1) is 0 Å². The number of imide groups is 1. The molecule has 0 atom stereocenters. The van der Waals surface area contributed by atoms with Crippen molar-refractivity contribution in [3.63, 3.8) is 0 Å². The molecule has 0 radical (unpaired) electrons. The molecule has 8 heteroatoms. The number of hydrogen-bond acceptors (Lipinski definition) is 7. The zero-order valence-corrected chi connectivity index (χ0v) is 25.7. The number of nitrogens with zero attached hydrogens (tertiary/aromatic N) is 1. The van der Waals surface area contributed by atoms with Gasteiger partial charge in [0.15, 0.2) is 11.5 Å². The molecular formula is C33H45NO6S. The number of hydrogen-bond donors (Lipinski definition) is 0. The molecule has 41 heavy (non-hydrogen) atoms. The lowest BCUT2D eigenvalue weighted by atomic mass is 10.1. The predicted molar refractivity (Wildman–Crippen MR) is 165 cm³/mol. The number of unbranched alkanes of at least 4 members (excludes halogenated alkanes) is 9. The van der Waals surface area contributed by atoms with Crippen LogP contribution in [0.15, 0.2) is 36.4 Å². The summed E-state index contributed by atoms with van der Waals surface area (Å²) >= 11 is 1.25. The minimum absolute atomic E-state index is 0.0103. The van der Waals surface area contributed by atoms with Crippen molar-refractivity contribution in [1.82, 2.24) is 4.90 Å². The van der Waals surface area contributed by atoms with Gasteiger partial charge in [-0.25, -0.2) is 0 Å². The van der Waals surface area contributed by atoms with Gasteiger partial charge in [0.25, 0.3) is 11.8 Å². The Hall–Kier alpha value is -3.13. The summed E-state index contributed by atoms with van der Waals surface area (Å²) in [5.74, 6) is -0.116. The van der Waals surface area contributed by atoms with E-state index in [1.807, 2.05) is 0 Å². The second kappa shape index (κ2) is 17.6. The Morgan fingerprint density at radius 3 is 2.15 bits per heavy atom. The number of methoxy groups -OCH3 is 2. The third-order valence-electron chi connectivity index (χ3n) is 7.24. The molecule has 3 rings (SSSR count). The Kier molecular flexibility index (Phi) is 13.9. The molecule has 0 fully saturated rings. The number of carbonyl (C=O) groups is 3. The number of amides is 2. The molecule has 0 bridgehead atoms. The second-order valence-electron chi connectivity index (χ2n) is 10.3. The average Bonchev–Trinajstić information content (AvgIpc) is 3.46. The summed E-state index contributed by atoms with van der Waals surface area (Å²) in [6, 6.07) is 3.49. The van der Waals surface area contributed by atoms with Crippen molar-refractivity contribution in [3.05, 3.63) is 46.9 Å². The van der Waals surface area contributed by atoms with E-state index in [2.05, 4.69) is 31.2 Å². The Balaban J connectivity index is 1.25. The maximum Gasteiger partial charge on any atom is 0.307 e. The van der Waals surface area contributed by atoms with Crippen LogP contribution in [0.1, 0.15) is 110 Å². The van der Waals surface area contributed by atoms with Crippen molar-refractivity contribution >= 4 is 39.2 Å². The zero-order valence-electron chi connectivity index (χ0n) is 24.9. The second-order valence-corrected chi connectivity index (χ2v) is 11.4. The number of thiophene rings is 1. The molecule has 0 saturated heterocycles. The highest BCUT2D eigenvalue weighted by molar-refractivity contribution is 7.21. The molecule has 1 aliphatic heterocycles. The minimum Gasteiger partial charge on any atom is -0.493 e. The van der Waals surface area contributed by atoms with E-state index in [4.69, 9.17) is 14.2 Å². The van der Waals surface area contributed by atoms with Crippen LogP contribution in [-0.4, -0.2) is 50.1 Å². The maximum atomic E-state index is 13.1. The van der Waals surface area contributed by atoms with Gasteiger partial charge in [-0.3, -0.25) is 19.3 Å². The number of fused-ring (bicyclic) bond motifs is 3. The van der Waals surface area contributed by atoms with Gasteiger partial charge in [0, 0.05) is 22.7 Å². The largest absolute Gasteiger partial charge is 0.493 e. The van der Waals surface area contributed by atoms with Gasteiger partial charge < -0.3 is 14.2 Å². The van der Waals surface area contributed by atoms with Gasteiger partial charge in [-0.1, -0.05) is 69.8 Å². The van der Waals surface area contributed by atoms with E-state index in [0.29, 0.717) is 33.9 Å². The van der Waals surface area contributed by atoms with Gasteiger partial charge in [0.05, 0.1) is 32.8 Å². The Labute approximate surface area is 248 Å². The Morgan fingerprint density at radius 2 is 1.46 bits per heavy atom. The first-order valence-corrected chi connectivity index (χ1v) is 15.8. The molecule has 7 nitrogen and oxygen atoms in total. The van der Waals surface area contributed by atoms with Crippen LogP contribution >= 0.6 is 11.3 Å². The maximum absolute atomic E-state index is 13.1. The van der Waals surface area contributed by atoms with E-state index >= 15 is 0 Å². The molecule has 0 unspecified atom stereocenters. The van der Waals surface area contributed by atoms with E-state index in [9.17, 15) is 14.4 Å². The van der Waals surface area contributed by atoms with Gasteiger partial charge in [-0.05, 0) is 44.6 Å². The lowest BCUT2D eigenvalue weighted by Crippen LogP contribution is -2.32. The van der Waals surface area contributed by atoms with Crippen LogP contribution in [0.25, 0.3) is 10.1 Å². The fraction of sp³-hybridized carbons (Fsp3) is 0.545. The van der Waals surface area contributed by atoms with Crippen molar-refractivity contribution < 1.29 is 28.6 Å². The standard InChI is InChI=1S/C33H45NO6S/c1-4-5-6-7-8-9-10-11-12-13-14-15-16-17-18-19-22-40-29(35)20-21-34-32(36)30-25-23-26(38-2)27(39-3)24-28(25)41-31(30)33(34)37/h8-9,11-12,23-24H,4-7,10,13-22H2,1-3H3/b9-8-,12-11-. The van der Waals surface area contributed by atoms with Crippen molar-refractivity contribution in [2.45, 2.75) is 90.4 Å². The van der Waals surface area contributed by atoms with Gasteiger partial charge in [-0.2, -0.15) is 0 Å². The fourth-order valence-corrected chi connectivity index (χ4v) is 6.04. The Bertz CT molecular complexity index is 1210. The van der Waals surface area contributed by atoms with Crippen LogP contribution < -0.4 is 9.47 Å².